The third-order valence-electron chi connectivity index (χ3n) is 3.68. The summed E-state index contributed by atoms with van der Waals surface area (Å²) in [5.41, 5.74) is 0. The molecule has 0 amide bonds. The van der Waals surface area contributed by atoms with E-state index in [2.05, 4.69) is 4.84 Å². The molecule has 2 saturated heterocycles. The Hall–Kier alpha value is -1.65. The monoisotopic (exact) mass is 335 g/mol. The summed E-state index contributed by atoms with van der Waals surface area (Å²) in [5, 5.41) is 18.7. The minimum atomic E-state index is -0.816. The molecule has 0 saturated carbocycles. The van der Waals surface area contributed by atoms with Gasteiger partial charge in [-0.3, -0.25) is 0 Å². The molecule has 2 aliphatic rings. The first-order valence-corrected chi connectivity index (χ1v) is 7.60. The number of fused-ring (bicyclic) bond motifs is 1. The molecule has 2 rings (SSSR count). The highest BCUT2D eigenvalue weighted by atomic mass is 16.9. The molecule has 23 heavy (non-hydrogen) atoms. The van der Waals surface area contributed by atoms with Crippen LogP contribution >= 0.6 is 0 Å². The van der Waals surface area contributed by atoms with Crippen LogP contribution < -0.4 is 0 Å². The van der Waals surface area contributed by atoms with Gasteiger partial charge in [0.2, 0.25) is 0 Å². The molecule has 4 unspecified atom stereocenters. The van der Waals surface area contributed by atoms with Gasteiger partial charge in [0.1, 0.15) is 18.3 Å². The number of ether oxygens (including phenoxy) is 4. The first-order chi connectivity index (χ1) is 11.1. The predicted octanol–water partition coefficient (Wildman–Crippen LogP) is 0.435. The van der Waals surface area contributed by atoms with Crippen molar-refractivity contribution in [3.63, 3.8) is 0 Å². The summed E-state index contributed by atoms with van der Waals surface area (Å²) in [7, 11) is 0. The number of hydrogen-bond acceptors (Lipinski definition) is 9. The number of aliphatic hydroxyl groups is 1. The number of carbonyl (C=O) groups excluding carboxylic acids is 1. The minimum Gasteiger partial charge on any atom is -0.434 e. The standard InChI is InChI=1S/C13H21NO9/c15-9-7-20-12-10(8-21-11(9)12)23-13(16)19-5-3-1-2-4-6-22-14(17)18/h9-12,15H,1-8H2. The van der Waals surface area contributed by atoms with Crippen LogP contribution in [0.1, 0.15) is 25.7 Å². The van der Waals surface area contributed by atoms with Gasteiger partial charge in [-0.25, -0.2) is 4.79 Å². The molecule has 10 nitrogen and oxygen atoms in total. The smallest absolute Gasteiger partial charge is 0.434 e. The highest BCUT2D eigenvalue weighted by Gasteiger charge is 2.49. The van der Waals surface area contributed by atoms with E-state index in [0.717, 1.165) is 12.8 Å². The van der Waals surface area contributed by atoms with Crippen LogP contribution in [0.15, 0.2) is 0 Å². The summed E-state index contributed by atoms with van der Waals surface area (Å²) in [6, 6.07) is 0. The molecular formula is C13H21NO9. The second-order valence-corrected chi connectivity index (χ2v) is 5.39. The maximum Gasteiger partial charge on any atom is 0.508 e. The molecule has 1 N–H and O–H groups in total. The number of carbonyl (C=O) groups is 1. The van der Waals surface area contributed by atoms with Crippen molar-refractivity contribution in [2.45, 2.75) is 50.1 Å². The third-order valence-corrected chi connectivity index (χ3v) is 3.68. The maximum absolute atomic E-state index is 11.6. The van der Waals surface area contributed by atoms with Crippen molar-refractivity contribution in [3.05, 3.63) is 10.1 Å². The van der Waals surface area contributed by atoms with Crippen molar-refractivity contribution in [3.8, 4) is 0 Å². The van der Waals surface area contributed by atoms with Gasteiger partial charge in [-0.2, -0.15) is 0 Å². The zero-order chi connectivity index (χ0) is 16.7. The Bertz CT molecular complexity index is 405. The van der Waals surface area contributed by atoms with Gasteiger partial charge >= 0.3 is 6.16 Å². The van der Waals surface area contributed by atoms with Crippen molar-refractivity contribution in [1.82, 2.24) is 0 Å². The Morgan fingerprint density at radius 1 is 1.13 bits per heavy atom. The average Bonchev–Trinajstić information content (AvgIpc) is 3.06. The summed E-state index contributed by atoms with van der Waals surface area (Å²) in [6.07, 6.45) is -0.218. The second-order valence-electron chi connectivity index (χ2n) is 5.39. The maximum atomic E-state index is 11.6. The lowest BCUT2D eigenvalue weighted by atomic mass is 10.1. The van der Waals surface area contributed by atoms with Crippen molar-refractivity contribution in [2.75, 3.05) is 26.4 Å². The number of aliphatic hydroxyl groups excluding tert-OH is 1. The van der Waals surface area contributed by atoms with Crippen LogP contribution in [0.3, 0.4) is 0 Å². The van der Waals surface area contributed by atoms with E-state index in [1.807, 2.05) is 0 Å². The van der Waals surface area contributed by atoms with Crippen LogP contribution in [0, 0.1) is 10.1 Å². The zero-order valence-electron chi connectivity index (χ0n) is 12.6. The summed E-state index contributed by atoms with van der Waals surface area (Å²) in [6.45, 7) is 0.633. The number of rotatable bonds is 9. The van der Waals surface area contributed by atoms with Gasteiger partial charge in [0.05, 0.1) is 26.4 Å². The van der Waals surface area contributed by atoms with E-state index >= 15 is 0 Å². The Morgan fingerprint density at radius 2 is 1.83 bits per heavy atom. The van der Waals surface area contributed by atoms with Gasteiger partial charge in [-0.05, 0) is 19.3 Å². The molecule has 2 heterocycles. The van der Waals surface area contributed by atoms with E-state index in [4.69, 9.17) is 18.9 Å². The second kappa shape index (κ2) is 8.85. The number of nitrogens with zero attached hydrogens (tertiary/aromatic N) is 1. The fourth-order valence-corrected chi connectivity index (χ4v) is 2.55. The molecule has 4 atom stereocenters. The van der Waals surface area contributed by atoms with E-state index in [1.165, 1.54) is 0 Å². The summed E-state index contributed by atoms with van der Waals surface area (Å²) >= 11 is 0. The number of hydrogen-bond donors (Lipinski definition) is 1. The fraction of sp³-hybridized carbons (Fsp3) is 0.923. The highest BCUT2D eigenvalue weighted by Crippen LogP contribution is 2.28. The Labute approximate surface area is 132 Å². The van der Waals surface area contributed by atoms with Crippen molar-refractivity contribution in [1.29, 1.82) is 0 Å². The van der Waals surface area contributed by atoms with Crippen LogP contribution in [-0.4, -0.2) is 67.2 Å². The van der Waals surface area contributed by atoms with Crippen LogP contribution in [0.2, 0.25) is 0 Å². The van der Waals surface area contributed by atoms with Gasteiger partial charge in [-0.1, -0.05) is 6.42 Å². The van der Waals surface area contributed by atoms with E-state index in [0.29, 0.717) is 12.8 Å². The average molecular weight is 335 g/mol. The van der Waals surface area contributed by atoms with Crippen molar-refractivity contribution < 1.29 is 38.8 Å². The van der Waals surface area contributed by atoms with Gasteiger partial charge in [0.15, 0.2) is 6.10 Å². The lowest BCUT2D eigenvalue weighted by Gasteiger charge is -2.16. The van der Waals surface area contributed by atoms with Gasteiger partial charge in [0.25, 0.3) is 5.09 Å². The van der Waals surface area contributed by atoms with Crippen LogP contribution in [0.4, 0.5) is 4.79 Å². The molecule has 2 fully saturated rings. The van der Waals surface area contributed by atoms with Gasteiger partial charge in [0, 0.05) is 0 Å². The summed E-state index contributed by atoms with van der Waals surface area (Å²) < 4.78 is 20.7. The molecule has 0 aromatic rings. The molecule has 0 aromatic carbocycles. The molecule has 0 radical (unpaired) electrons. The van der Waals surface area contributed by atoms with E-state index in [9.17, 15) is 20.0 Å². The molecular weight excluding hydrogens is 314 g/mol. The van der Waals surface area contributed by atoms with E-state index < -0.39 is 35.7 Å². The largest absolute Gasteiger partial charge is 0.508 e. The van der Waals surface area contributed by atoms with Crippen LogP contribution in [0.25, 0.3) is 0 Å². The Balaban J connectivity index is 1.49. The van der Waals surface area contributed by atoms with E-state index in [1.54, 1.807) is 0 Å². The first kappa shape index (κ1) is 17.7. The van der Waals surface area contributed by atoms with Crippen LogP contribution in [0.5, 0.6) is 0 Å². The van der Waals surface area contributed by atoms with Crippen molar-refractivity contribution in [2.24, 2.45) is 0 Å². The lowest BCUT2D eigenvalue weighted by Crippen LogP contribution is -2.34. The summed E-state index contributed by atoms with van der Waals surface area (Å²) in [4.78, 5) is 25.7. The Kier molecular flexibility index (Phi) is 6.81. The fourth-order valence-electron chi connectivity index (χ4n) is 2.55. The number of unbranched alkanes of at least 4 members (excludes halogenated alkanes) is 3. The molecule has 0 spiro atoms. The molecule has 0 aliphatic carbocycles. The van der Waals surface area contributed by atoms with Crippen molar-refractivity contribution >= 4 is 6.16 Å². The Morgan fingerprint density at radius 3 is 2.57 bits per heavy atom. The zero-order valence-corrected chi connectivity index (χ0v) is 12.6. The quantitative estimate of drug-likeness (QED) is 0.276. The topological polar surface area (TPSA) is 127 Å². The van der Waals surface area contributed by atoms with Crippen LogP contribution in [-0.2, 0) is 23.8 Å². The van der Waals surface area contributed by atoms with E-state index in [-0.39, 0.29) is 26.4 Å². The predicted molar refractivity (Wildman–Crippen MR) is 73.1 cm³/mol. The molecule has 0 aromatic heterocycles. The molecule has 2 aliphatic heterocycles. The lowest BCUT2D eigenvalue weighted by molar-refractivity contribution is -0.757. The minimum absolute atomic E-state index is 0.0754. The first-order valence-electron chi connectivity index (χ1n) is 7.60. The van der Waals surface area contributed by atoms with Gasteiger partial charge < -0.3 is 28.9 Å². The third kappa shape index (κ3) is 5.48. The molecule has 10 heteroatoms. The normalized spacial score (nSPS) is 29.1. The summed E-state index contributed by atoms with van der Waals surface area (Å²) in [5.74, 6) is 0. The highest BCUT2D eigenvalue weighted by molar-refractivity contribution is 5.60. The van der Waals surface area contributed by atoms with Gasteiger partial charge in [-0.15, -0.1) is 10.1 Å². The molecule has 0 bridgehead atoms. The SMILES string of the molecule is O=C(OCCCCCCO[N+](=O)[O-])OC1COC2C(O)COC12. The molecule has 132 valence electrons.